The Hall–Kier alpha value is -0.960. The van der Waals surface area contributed by atoms with Crippen LogP contribution in [0.25, 0.3) is 0 Å². The van der Waals surface area contributed by atoms with Gasteiger partial charge in [0.25, 0.3) is 0 Å². The van der Waals surface area contributed by atoms with Crippen LogP contribution in [0.5, 0.6) is 0 Å². The topological polar surface area (TPSA) is 9.72 Å². The fraction of sp³-hybridized carbons (Fsp3) is 0.931. The molecule has 61 heavy (non-hydrogen) atoms. The Kier molecular flexibility index (Phi) is 13.9. The second kappa shape index (κ2) is 19.9. The molecule has 0 amide bonds. The molecule has 0 bridgehead atoms. The maximum atomic E-state index is 3.34. The zero-order valence-electron chi connectivity index (χ0n) is 39.7. The van der Waals surface area contributed by atoms with E-state index in [2.05, 4.69) is 26.9 Å². The lowest BCUT2D eigenvalue weighted by atomic mass is 9.61. The molecule has 0 spiro atoms. The second-order valence-corrected chi connectivity index (χ2v) is 24.7. The summed E-state index contributed by atoms with van der Waals surface area (Å²) in [5.41, 5.74) is 3.78. The van der Waals surface area contributed by atoms with Crippen molar-refractivity contribution in [2.45, 2.75) is 293 Å². The third-order valence-corrected chi connectivity index (χ3v) is 21.7. The van der Waals surface area contributed by atoms with Crippen LogP contribution in [0.3, 0.4) is 0 Å². The van der Waals surface area contributed by atoms with E-state index in [-0.39, 0.29) is 0 Å². The highest BCUT2D eigenvalue weighted by molar-refractivity contribution is 5.24. The number of likely N-dealkylation sites (tertiary alicyclic amines) is 1. The van der Waals surface area contributed by atoms with Crippen LogP contribution in [0.15, 0.2) is 23.5 Å². The van der Waals surface area contributed by atoms with Gasteiger partial charge in [-0.1, -0.05) is 109 Å². The van der Waals surface area contributed by atoms with Crippen LogP contribution in [0.4, 0.5) is 0 Å². The van der Waals surface area contributed by atoms with Crippen molar-refractivity contribution in [1.82, 2.24) is 14.7 Å². The molecule has 342 valence electrons. The number of rotatable bonds is 9. The summed E-state index contributed by atoms with van der Waals surface area (Å²) in [5.74, 6) is 7.99. The van der Waals surface area contributed by atoms with Gasteiger partial charge in [-0.25, -0.2) is 0 Å². The van der Waals surface area contributed by atoms with Gasteiger partial charge in [0.2, 0.25) is 0 Å². The van der Waals surface area contributed by atoms with Crippen LogP contribution in [0, 0.1) is 47.3 Å². The summed E-state index contributed by atoms with van der Waals surface area (Å²) in [4.78, 5) is 9.90. The van der Waals surface area contributed by atoms with Gasteiger partial charge in [0.1, 0.15) is 0 Å². The van der Waals surface area contributed by atoms with Gasteiger partial charge >= 0.3 is 0 Å². The number of fused-ring (bicyclic) bond motifs is 5. The molecular weight excluding hydrogens is 739 g/mol. The van der Waals surface area contributed by atoms with Crippen LogP contribution >= 0.6 is 0 Å². The smallest absolute Gasteiger partial charge is 0.0356 e. The molecule has 3 heteroatoms. The minimum atomic E-state index is 0.700. The summed E-state index contributed by atoms with van der Waals surface area (Å²) >= 11 is 0. The van der Waals surface area contributed by atoms with Crippen molar-refractivity contribution in [3.8, 4) is 0 Å². The molecule has 3 nitrogen and oxygen atoms in total. The highest BCUT2D eigenvalue weighted by Crippen LogP contribution is 2.58. The van der Waals surface area contributed by atoms with E-state index in [0.29, 0.717) is 6.04 Å². The van der Waals surface area contributed by atoms with Crippen LogP contribution in [0.1, 0.15) is 250 Å². The van der Waals surface area contributed by atoms with E-state index < -0.39 is 0 Å². The molecule has 9 fully saturated rings. The molecule has 7 atom stereocenters. The molecule has 1 saturated heterocycles. The van der Waals surface area contributed by atoms with Gasteiger partial charge in [0.05, 0.1) is 0 Å². The molecule has 0 aromatic rings. The lowest BCUT2D eigenvalue weighted by Gasteiger charge is -2.55. The van der Waals surface area contributed by atoms with Gasteiger partial charge < -0.3 is 9.80 Å². The molecule has 1 heterocycles. The zero-order valence-corrected chi connectivity index (χ0v) is 39.7. The van der Waals surface area contributed by atoms with Gasteiger partial charge in [0, 0.05) is 59.6 Å². The first-order chi connectivity index (χ1) is 30.3. The Bertz CT molecular complexity index is 1440. The van der Waals surface area contributed by atoms with Crippen molar-refractivity contribution >= 4 is 0 Å². The minimum Gasteiger partial charge on any atom is -0.369 e. The highest BCUT2D eigenvalue weighted by atomic mass is 15.3. The van der Waals surface area contributed by atoms with Crippen LogP contribution < -0.4 is 0 Å². The Labute approximate surface area is 376 Å². The standard InChI is InChI=1S/C58H95N3/c1-5-16-42(17-6-1)44-28-34-49(35-29-44)59(47-20-9-3-10-21-47)51-24-15-25-52(40-51)60(50-36-30-45(31-37-50)43-18-7-2-8-19-43)53-38-32-46-33-39-55-54-26-13-14-27-57(54)61(58(55)56(46)41-53)48-22-11-4-12-23-48/h27,40,42-51,53-56,58H,1-26,28-39,41H2/t44?,45?,46-,49?,50?,51?,53-,54+,55-,56-,58+/m1/s1. The van der Waals surface area contributed by atoms with E-state index in [4.69, 9.17) is 0 Å². The monoisotopic (exact) mass is 834 g/mol. The van der Waals surface area contributed by atoms with Crippen molar-refractivity contribution in [2.24, 2.45) is 47.3 Å². The van der Waals surface area contributed by atoms with Crippen molar-refractivity contribution in [1.29, 1.82) is 0 Å². The Balaban J connectivity index is 0.880. The maximum absolute atomic E-state index is 3.34. The van der Waals surface area contributed by atoms with Crippen molar-refractivity contribution in [2.75, 3.05) is 0 Å². The quantitative estimate of drug-likeness (QED) is 0.229. The molecule has 1 unspecified atom stereocenters. The third kappa shape index (κ3) is 9.01. The summed E-state index contributed by atoms with van der Waals surface area (Å²) in [6.45, 7) is 0. The Morgan fingerprint density at radius 3 is 1.62 bits per heavy atom. The van der Waals surface area contributed by atoms with Crippen molar-refractivity contribution < 1.29 is 0 Å². The largest absolute Gasteiger partial charge is 0.369 e. The minimum absolute atomic E-state index is 0.700. The number of hydrogen-bond acceptors (Lipinski definition) is 3. The van der Waals surface area contributed by atoms with E-state index in [9.17, 15) is 0 Å². The van der Waals surface area contributed by atoms with Crippen LogP contribution in [-0.4, -0.2) is 57.0 Å². The fourth-order valence-electron chi connectivity index (χ4n) is 18.9. The number of hydrogen-bond donors (Lipinski definition) is 0. The molecule has 11 rings (SSSR count). The predicted octanol–water partition coefficient (Wildman–Crippen LogP) is 15.5. The molecule has 0 aromatic heterocycles. The predicted molar refractivity (Wildman–Crippen MR) is 256 cm³/mol. The summed E-state index contributed by atoms with van der Waals surface area (Å²) in [7, 11) is 0. The molecule has 8 saturated carbocycles. The Morgan fingerprint density at radius 1 is 0.410 bits per heavy atom. The highest BCUT2D eigenvalue weighted by Gasteiger charge is 2.56. The molecule has 0 radical (unpaired) electrons. The molecular formula is C58H95N3. The maximum Gasteiger partial charge on any atom is 0.0356 e. The molecule has 11 aliphatic rings. The average Bonchev–Trinajstić information content (AvgIpc) is 3.69. The van der Waals surface area contributed by atoms with Gasteiger partial charge in [-0.05, 0) is 195 Å². The van der Waals surface area contributed by atoms with Gasteiger partial charge in [-0.2, -0.15) is 0 Å². The molecule has 0 N–H and O–H groups in total. The van der Waals surface area contributed by atoms with E-state index in [0.717, 1.165) is 83.6 Å². The molecule has 1 aliphatic heterocycles. The molecule has 10 aliphatic carbocycles. The Morgan fingerprint density at radius 2 is 0.951 bits per heavy atom. The number of nitrogens with zero attached hydrogens (tertiary/aromatic N) is 3. The summed E-state index contributed by atoms with van der Waals surface area (Å²) in [5, 5.41) is 0. The fourth-order valence-corrected chi connectivity index (χ4v) is 18.9. The summed E-state index contributed by atoms with van der Waals surface area (Å²) < 4.78 is 0. The van der Waals surface area contributed by atoms with E-state index in [1.807, 2.05) is 11.4 Å². The van der Waals surface area contributed by atoms with Gasteiger partial charge in [-0.3, -0.25) is 4.90 Å². The van der Waals surface area contributed by atoms with E-state index >= 15 is 0 Å². The normalized spacial score (nSPS) is 41.4. The molecule has 0 aromatic carbocycles. The second-order valence-electron chi connectivity index (χ2n) is 24.7. The SMILES string of the molecule is C1=C(N(C2CCC(C3CCCCC3)CC2)[C@@H]2CC[C@@H]3CC[C@H]4[C@@H]([C@@H]3C2)N(C2CCCCC2)C2=CCCC[C@H]24)CCCC1N(C1CCCCC1)C1CCC(C2CCCCC2)CC1. The average molecular weight is 834 g/mol. The number of allylic oxidation sites excluding steroid dienone is 3. The summed E-state index contributed by atoms with van der Waals surface area (Å²) in [6.07, 6.45) is 64.5. The van der Waals surface area contributed by atoms with Crippen molar-refractivity contribution in [3.05, 3.63) is 23.5 Å². The van der Waals surface area contributed by atoms with Gasteiger partial charge in [-0.15, -0.1) is 0 Å². The lowest BCUT2D eigenvalue weighted by Crippen LogP contribution is -2.55. The first kappa shape index (κ1) is 42.7. The first-order valence-electron chi connectivity index (χ1n) is 29.0. The zero-order chi connectivity index (χ0) is 40.5. The first-order valence-corrected chi connectivity index (χ1v) is 29.0. The van der Waals surface area contributed by atoms with Gasteiger partial charge in [0.15, 0.2) is 0 Å². The third-order valence-electron chi connectivity index (χ3n) is 21.7. The van der Waals surface area contributed by atoms with Crippen molar-refractivity contribution in [3.63, 3.8) is 0 Å². The van der Waals surface area contributed by atoms with Crippen LogP contribution in [0.2, 0.25) is 0 Å². The van der Waals surface area contributed by atoms with Crippen LogP contribution in [-0.2, 0) is 0 Å². The summed E-state index contributed by atoms with van der Waals surface area (Å²) in [6, 6.07) is 5.72. The van der Waals surface area contributed by atoms with E-state index in [1.165, 1.54) is 199 Å². The van der Waals surface area contributed by atoms with E-state index in [1.54, 1.807) is 51.4 Å². The lowest BCUT2D eigenvalue weighted by molar-refractivity contribution is -0.0166.